The van der Waals surface area contributed by atoms with Crippen LogP contribution in [0.2, 0.25) is 0 Å². The molecule has 3 rings (SSSR count). The van der Waals surface area contributed by atoms with Crippen molar-refractivity contribution in [2.75, 3.05) is 54.1 Å². The second-order valence-corrected chi connectivity index (χ2v) is 12.5. The number of likely N-dealkylation sites (tertiary alicyclic amines) is 2. The number of ether oxygens (including phenoxy) is 4. The van der Waals surface area contributed by atoms with E-state index in [9.17, 15) is 19.2 Å². The van der Waals surface area contributed by atoms with Crippen LogP contribution in [0.15, 0.2) is 30.4 Å². The smallest absolute Gasteiger partial charge is 0.410 e. The van der Waals surface area contributed by atoms with Gasteiger partial charge in [-0.3, -0.25) is 14.4 Å². The van der Waals surface area contributed by atoms with E-state index in [4.69, 9.17) is 18.9 Å². The van der Waals surface area contributed by atoms with E-state index in [1.165, 1.54) is 7.11 Å². The molecule has 0 radical (unpaired) electrons. The molecule has 1 N–H and O–H groups in total. The third-order valence-electron chi connectivity index (χ3n) is 8.09. The summed E-state index contributed by atoms with van der Waals surface area (Å²) in [5, 5.41) is 2.93. The predicted molar refractivity (Wildman–Crippen MR) is 165 cm³/mol. The molecule has 0 spiro atoms. The number of benzene rings is 1. The molecule has 1 aromatic carbocycles. The maximum Gasteiger partial charge on any atom is 0.410 e. The fourth-order valence-electron chi connectivity index (χ4n) is 5.53. The van der Waals surface area contributed by atoms with Crippen molar-refractivity contribution in [3.05, 3.63) is 35.9 Å². The zero-order chi connectivity index (χ0) is 32.3. The van der Waals surface area contributed by atoms with Gasteiger partial charge in [0.2, 0.25) is 11.8 Å². The second kappa shape index (κ2) is 16.4. The number of carbonyl (C=O) groups is 4. The van der Waals surface area contributed by atoms with Crippen LogP contribution in [0.1, 0.15) is 58.4 Å². The Morgan fingerprint density at radius 1 is 0.977 bits per heavy atom. The number of nitrogens with one attached hydrogen (secondary N) is 1. The number of piperidine rings is 2. The molecule has 2 heterocycles. The lowest BCUT2D eigenvalue weighted by Gasteiger charge is -2.33. The molecule has 3 amide bonds. The van der Waals surface area contributed by atoms with Gasteiger partial charge < -0.3 is 34.1 Å². The first-order valence-electron chi connectivity index (χ1n) is 15.5. The fraction of sp³-hybridized carbons (Fsp3) is 0.636. The Morgan fingerprint density at radius 3 is 2.32 bits per heavy atom. The molecular formula is C33H49N3O8. The molecule has 244 valence electrons. The molecule has 44 heavy (non-hydrogen) atoms. The van der Waals surface area contributed by atoms with Gasteiger partial charge in [-0.25, -0.2) is 4.79 Å². The molecule has 0 bridgehead atoms. The maximum atomic E-state index is 13.1. The standard InChI is InChI=1S/C33H49N3O8/c1-33(2,3)44-32(40)35-18-15-23(16-19-35)11-14-29(37)36-17-7-8-26(22-36)30(38)34-21-25(31(39)43-6)12-9-24-10-13-27(41-4)28(20-24)42-5/h10-11,13-14,20,23,25-26H,7-9,12,15-19,21-22H2,1-6H3,(H,34,38)/b14-11+/t25-,26-/m1/s1. The number of carbonyl (C=O) groups excluding carboxylic acids is 4. The van der Waals surface area contributed by atoms with Gasteiger partial charge in [0.1, 0.15) is 5.60 Å². The van der Waals surface area contributed by atoms with Gasteiger partial charge in [0.15, 0.2) is 11.5 Å². The number of aryl methyl sites for hydroxylation is 1. The highest BCUT2D eigenvalue weighted by molar-refractivity contribution is 5.88. The van der Waals surface area contributed by atoms with E-state index in [0.29, 0.717) is 56.9 Å². The van der Waals surface area contributed by atoms with E-state index in [1.54, 1.807) is 30.1 Å². The first-order valence-corrected chi connectivity index (χ1v) is 15.5. The van der Waals surface area contributed by atoms with E-state index in [1.807, 2.05) is 45.0 Å². The summed E-state index contributed by atoms with van der Waals surface area (Å²) < 4.78 is 21.1. The number of allylic oxidation sites excluding steroid dienone is 1. The Kier molecular flexibility index (Phi) is 12.9. The number of esters is 1. The average Bonchev–Trinajstić information content (AvgIpc) is 3.02. The van der Waals surface area contributed by atoms with E-state index >= 15 is 0 Å². The Hall–Kier alpha value is -3.76. The minimum absolute atomic E-state index is 0.112. The van der Waals surface area contributed by atoms with Gasteiger partial charge >= 0.3 is 12.1 Å². The van der Waals surface area contributed by atoms with Crippen LogP contribution in [0.5, 0.6) is 11.5 Å². The number of rotatable bonds is 11. The minimum atomic E-state index is -0.528. The number of amides is 3. The first-order chi connectivity index (χ1) is 20.9. The molecule has 2 aliphatic rings. The van der Waals surface area contributed by atoms with Crippen LogP contribution in [-0.2, 0) is 30.3 Å². The summed E-state index contributed by atoms with van der Waals surface area (Å²) in [4.78, 5) is 54.3. The lowest BCUT2D eigenvalue weighted by atomic mass is 9.95. The van der Waals surface area contributed by atoms with E-state index < -0.39 is 11.5 Å². The highest BCUT2D eigenvalue weighted by Gasteiger charge is 2.30. The van der Waals surface area contributed by atoms with Crippen molar-refractivity contribution < 1.29 is 38.1 Å². The molecular weight excluding hydrogens is 566 g/mol. The van der Waals surface area contributed by atoms with E-state index in [0.717, 1.165) is 24.8 Å². The zero-order valence-corrected chi connectivity index (χ0v) is 27.1. The number of methoxy groups -OCH3 is 3. The van der Waals surface area contributed by atoms with Crippen LogP contribution in [0.3, 0.4) is 0 Å². The van der Waals surface area contributed by atoms with Crippen LogP contribution in [-0.4, -0.2) is 93.3 Å². The van der Waals surface area contributed by atoms with Crippen LogP contribution < -0.4 is 14.8 Å². The highest BCUT2D eigenvalue weighted by atomic mass is 16.6. The molecule has 0 aliphatic carbocycles. The lowest BCUT2D eigenvalue weighted by molar-refractivity contribution is -0.145. The van der Waals surface area contributed by atoms with Crippen LogP contribution in [0, 0.1) is 17.8 Å². The van der Waals surface area contributed by atoms with Gasteiger partial charge in [-0.1, -0.05) is 12.1 Å². The van der Waals surface area contributed by atoms with Crippen molar-refractivity contribution in [1.82, 2.24) is 15.1 Å². The summed E-state index contributed by atoms with van der Waals surface area (Å²) >= 11 is 0. The molecule has 0 saturated carbocycles. The SMILES string of the molecule is COC(=O)[C@H](CCc1ccc(OC)c(OC)c1)CNC(=O)[C@@H]1CCCN(C(=O)/C=C/C2CCN(C(=O)OC(C)(C)C)CC2)C1. The van der Waals surface area contributed by atoms with Gasteiger partial charge in [0, 0.05) is 32.7 Å². The normalized spacial score (nSPS) is 18.5. The molecule has 2 aliphatic heterocycles. The van der Waals surface area contributed by atoms with Crippen molar-refractivity contribution in [2.45, 2.75) is 64.9 Å². The molecule has 1 aromatic rings. The zero-order valence-electron chi connectivity index (χ0n) is 27.1. The van der Waals surface area contributed by atoms with Crippen molar-refractivity contribution >= 4 is 23.9 Å². The predicted octanol–water partition coefficient (Wildman–Crippen LogP) is 3.98. The Labute approximate surface area is 261 Å². The van der Waals surface area contributed by atoms with Crippen LogP contribution in [0.4, 0.5) is 4.79 Å². The topological polar surface area (TPSA) is 124 Å². The van der Waals surface area contributed by atoms with Crippen LogP contribution in [0.25, 0.3) is 0 Å². The summed E-state index contributed by atoms with van der Waals surface area (Å²) in [6.45, 7) is 7.82. The maximum absolute atomic E-state index is 13.1. The second-order valence-electron chi connectivity index (χ2n) is 12.5. The third kappa shape index (κ3) is 10.4. The summed E-state index contributed by atoms with van der Waals surface area (Å²) in [7, 11) is 4.49. The minimum Gasteiger partial charge on any atom is -0.493 e. The van der Waals surface area contributed by atoms with E-state index in [-0.39, 0.29) is 42.3 Å². The molecule has 0 unspecified atom stereocenters. The summed E-state index contributed by atoms with van der Waals surface area (Å²) in [6, 6.07) is 5.62. The fourth-order valence-corrected chi connectivity index (χ4v) is 5.53. The van der Waals surface area contributed by atoms with Gasteiger partial charge in [-0.05, 0) is 89.0 Å². The quantitative estimate of drug-likeness (QED) is 0.293. The van der Waals surface area contributed by atoms with Crippen molar-refractivity contribution in [2.24, 2.45) is 17.8 Å². The monoisotopic (exact) mass is 615 g/mol. The van der Waals surface area contributed by atoms with Crippen molar-refractivity contribution in [3.8, 4) is 11.5 Å². The lowest BCUT2D eigenvalue weighted by Crippen LogP contribution is -2.46. The molecule has 11 heteroatoms. The third-order valence-corrected chi connectivity index (χ3v) is 8.09. The van der Waals surface area contributed by atoms with Crippen LogP contribution >= 0.6 is 0 Å². The largest absolute Gasteiger partial charge is 0.493 e. The molecule has 0 aromatic heterocycles. The van der Waals surface area contributed by atoms with Crippen molar-refractivity contribution in [1.29, 1.82) is 0 Å². The van der Waals surface area contributed by atoms with Gasteiger partial charge in [-0.15, -0.1) is 0 Å². The average molecular weight is 616 g/mol. The molecule has 2 saturated heterocycles. The van der Waals surface area contributed by atoms with Gasteiger partial charge in [0.05, 0.1) is 33.2 Å². The molecule has 2 fully saturated rings. The Morgan fingerprint density at radius 2 is 1.68 bits per heavy atom. The Bertz CT molecular complexity index is 1170. The van der Waals surface area contributed by atoms with Crippen molar-refractivity contribution in [3.63, 3.8) is 0 Å². The molecule has 2 atom stereocenters. The first kappa shape index (κ1) is 34.7. The summed E-state index contributed by atoms with van der Waals surface area (Å²) in [5.74, 6) is -0.0678. The Balaban J connectivity index is 1.47. The summed E-state index contributed by atoms with van der Waals surface area (Å²) in [5.41, 5.74) is 0.449. The number of hydrogen-bond acceptors (Lipinski definition) is 8. The van der Waals surface area contributed by atoms with E-state index in [2.05, 4.69) is 5.32 Å². The highest BCUT2D eigenvalue weighted by Crippen LogP contribution is 2.28. The number of nitrogens with zero attached hydrogens (tertiary/aromatic N) is 2. The molecule has 11 nitrogen and oxygen atoms in total. The van der Waals surface area contributed by atoms with Gasteiger partial charge in [0.25, 0.3) is 0 Å². The van der Waals surface area contributed by atoms with Gasteiger partial charge in [-0.2, -0.15) is 0 Å². The summed E-state index contributed by atoms with van der Waals surface area (Å²) in [6.07, 6.45) is 7.25. The number of hydrogen-bond donors (Lipinski definition) is 1.